The maximum atomic E-state index is 10.3. The lowest BCUT2D eigenvalue weighted by molar-refractivity contribution is -0.138. The van der Waals surface area contributed by atoms with Crippen LogP contribution in [0.5, 0.6) is 0 Å². The summed E-state index contributed by atoms with van der Waals surface area (Å²) >= 11 is 10.4. The van der Waals surface area contributed by atoms with E-state index in [2.05, 4.69) is 5.73 Å². The largest absolute Gasteiger partial charge is 0.481 e. The molecule has 10 heavy (non-hydrogen) atoms. The molecule has 0 heterocycles. The van der Waals surface area contributed by atoms with E-state index in [9.17, 15) is 9.59 Å². The quantitative estimate of drug-likeness (QED) is 0.614. The number of carboxylic acid groups (broad SMARTS) is 1. The molecule has 1 amide bonds. The molecule has 0 aromatic carbocycles. The molecule has 0 aromatic heterocycles. The summed E-state index contributed by atoms with van der Waals surface area (Å²) in [5.74, 6) is -2.33. The third-order valence-corrected chi connectivity index (χ3v) is 1.37. The highest BCUT2D eigenvalue weighted by atomic mass is 35.5. The second-order valence-electron chi connectivity index (χ2n) is 1.64. The Kier molecular flexibility index (Phi) is 2.93. The maximum absolute atomic E-state index is 10.3. The summed E-state index contributed by atoms with van der Waals surface area (Å²) in [7, 11) is 0. The van der Waals surface area contributed by atoms with Gasteiger partial charge < -0.3 is 10.8 Å². The number of amides is 1. The minimum Gasteiger partial charge on any atom is -0.481 e. The number of alkyl halides is 2. The van der Waals surface area contributed by atoms with Crippen molar-refractivity contribution >= 4 is 35.1 Å². The molecular formula is C4H5Cl2NO3. The zero-order chi connectivity index (χ0) is 8.36. The molecule has 0 aromatic rings. The van der Waals surface area contributed by atoms with Gasteiger partial charge in [-0.05, 0) is 0 Å². The van der Waals surface area contributed by atoms with Crippen LogP contribution < -0.4 is 5.73 Å². The summed E-state index contributed by atoms with van der Waals surface area (Å²) in [5.41, 5.74) is 4.65. The molecule has 6 heteroatoms. The fourth-order valence-electron chi connectivity index (χ4n) is 0.277. The first kappa shape index (κ1) is 9.52. The molecule has 0 radical (unpaired) electrons. The van der Waals surface area contributed by atoms with E-state index in [1.165, 1.54) is 0 Å². The summed E-state index contributed by atoms with van der Waals surface area (Å²) in [6, 6.07) is 0. The molecule has 0 bridgehead atoms. The average Bonchev–Trinajstić information content (AvgIpc) is 1.60. The summed E-state index contributed by atoms with van der Waals surface area (Å²) in [6.07, 6.45) is -0.689. The number of carbonyl (C=O) groups is 2. The molecule has 4 nitrogen and oxygen atoms in total. The molecule has 0 unspecified atom stereocenters. The normalized spacial score (nSPS) is 11.0. The summed E-state index contributed by atoms with van der Waals surface area (Å²) in [6.45, 7) is 0. The highest BCUT2D eigenvalue weighted by molar-refractivity contribution is 6.58. The van der Waals surface area contributed by atoms with E-state index in [1.807, 2.05) is 0 Å². The molecule has 0 rings (SSSR count). The van der Waals surface area contributed by atoms with E-state index in [-0.39, 0.29) is 0 Å². The van der Waals surface area contributed by atoms with Crippen molar-refractivity contribution in [3.63, 3.8) is 0 Å². The molecule has 0 aliphatic carbocycles. The van der Waals surface area contributed by atoms with Gasteiger partial charge in [-0.25, -0.2) is 0 Å². The van der Waals surface area contributed by atoms with Gasteiger partial charge in [0, 0.05) is 0 Å². The zero-order valence-electron chi connectivity index (χ0n) is 4.80. The minimum absolute atomic E-state index is 0.689. The Morgan fingerprint density at radius 2 is 1.90 bits per heavy atom. The molecule has 0 saturated carbocycles. The topological polar surface area (TPSA) is 80.4 Å². The van der Waals surface area contributed by atoms with E-state index in [0.29, 0.717) is 0 Å². The lowest BCUT2D eigenvalue weighted by atomic mass is 10.3. The summed E-state index contributed by atoms with van der Waals surface area (Å²) < 4.78 is -1.99. The van der Waals surface area contributed by atoms with Crippen molar-refractivity contribution in [1.29, 1.82) is 0 Å². The number of carboxylic acids is 1. The predicted octanol–water partition coefficient (Wildman–Crippen LogP) is 0.120. The molecule has 0 spiro atoms. The van der Waals surface area contributed by atoms with Crippen LogP contribution in [-0.2, 0) is 9.59 Å². The number of aliphatic carboxylic acids is 1. The van der Waals surface area contributed by atoms with Gasteiger partial charge in [-0.3, -0.25) is 9.59 Å². The SMILES string of the molecule is NC(=O)C(Cl)(Cl)CC(=O)O. The van der Waals surface area contributed by atoms with Crippen LogP contribution >= 0.6 is 23.2 Å². The van der Waals surface area contributed by atoms with Crippen molar-refractivity contribution < 1.29 is 14.7 Å². The van der Waals surface area contributed by atoms with Crippen molar-refractivity contribution in [3.8, 4) is 0 Å². The monoisotopic (exact) mass is 185 g/mol. The van der Waals surface area contributed by atoms with Gasteiger partial charge in [-0.2, -0.15) is 0 Å². The van der Waals surface area contributed by atoms with Gasteiger partial charge in [0.2, 0.25) is 4.33 Å². The van der Waals surface area contributed by atoms with E-state index in [4.69, 9.17) is 28.3 Å². The average molecular weight is 186 g/mol. The van der Waals surface area contributed by atoms with Gasteiger partial charge in [0.05, 0.1) is 6.42 Å². The Hall–Kier alpha value is -0.480. The van der Waals surface area contributed by atoms with Crippen molar-refractivity contribution in [2.45, 2.75) is 10.8 Å². The van der Waals surface area contributed by atoms with Crippen molar-refractivity contribution in [2.75, 3.05) is 0 Å². The molecule has 58 valence electrons. The second-order valence-corrected chi connectivity index (χ2v) is 3.12. The van der Waals surface area contributed by atoms with E-state index in [0.717, 1.165) is 0 Å². The summed E-state index contributed by atoms with van der Waals surface area (Å²) in [4.78, 5) is 20.2. The van der Waals surface area contributed by atoms with Gasteiger partial charge in [0.1, 0.15) is 0 Å². The van der Waals surface area contributed by atoms with Crippen LogP contribution in [0.15, 0.2) is 0 Å². The number of carbonyl (C=O) groups excluding carboxylic acids is 1. The molecule has 0 atom stereocenters. The van der Waals surface area contributed by atoms with Crippen LogP contribution in [0.3, 0.4) is 0 Å². The smallest absolute Gasteiger partial charge is 0.306 e. The predicted molar refractivity (Wildman–Crippen MR) is 35.9 cm³/mol. The van der Waals surface area contributed by atoms with Crippen LogP contribution in [0.1, 0.15) is 6.42 Å². The third kappa shape index (κ3) is 2.89. The van der Waals surface area contributed by atoms with Crippen LogP contribution in [0, 0.1) is 0 Å². The number of primary amides is 1. The molecule has 0 saturated heterocycles. The Bertz CT molecular complexity index is 168. The Labute approximate surface area is 66.9 Å². The number of halogens is 2. The van der Waals surface area contributed by atoms with Gasteiger partial charge in [0.15, 0.2) is 0 Å². The maximum Gasteiger partial charge on any atom is 0.306 e. The van der Waals surface area contributed by atoms with Gasteiger partial charge in [0.25, 0.3) is 5.91 Å². The second kappa shape index (κ2) is 3.07. The van der Waals surface area contributed by atoms with E-state index < -0.39 is 22.6 Å². The van der Waals surface area contributed by atoms with Gasteiger partial charge in [-0.15, -0.1) is 0 Å². The van der Waals surface area contributed by atoms with E-state index >= 15 is 0 Å². The Balaban J connectivity index is 4.13. The molecule has 3 N–H and O–H groups in total. The molecular weight excluding hydrogens is 181 g/mol. The van der Waals surface area contributed by atoms with Crippen LogP contribution in [0.4, 0.5) is 0 Å². The Morgan fingerprint density at radius 3 is 2.00 bits per heavy atom. The standard InChI is InChI=1S/C4H5Cl2NO3/c5-4(6,3(7)10)1-2(8)9/h1H2,(H2,7,10)(H,8,9). The number of rotatable bonds is 3. The molecule has 0 fully saturated rings. The van der Waals surface area contributed by atoms with Gasteiger partial charge in [-0.1, -0.05) is 23.2 Å². The molecule has 0 aliphatic rings. The molecule has 0 aliphatic heterocycles. The third-order valence-electron chi connectivity index (χ3n) is 0.734. The van der Waals surface area contributed by atoms with Crippen molar-refractivity contribution in [1.82, 2.24) is 0 Å². The van der Waals surface area contributed by atoms with Gasteiger partial charge >= 0.3 is 5.97 Å². The highest BCUT2D eigenvalue weighted by Crippen LogP contribution is 2.24. The van der Waals surface area contributed by atoms with E-state index in [1.54, 1.807) is 0 Å². The first-order chi connectivity index (χ1) is 4.36. The van der Waals surface area contributed by atoms with Crippen LogP contribution in [0.2, 0.25) is 0 Å². The number of hydrogen-bond donors (Lipinski definition) is 2. The first-order valence-electron chi connectivity index (χ1n) is 2.26. The highest BCUT2D eigenvalue weighted by Gasteiger charge is 2.33. The number of nitrogens with two attached hydrogens (primary N) is 1. The zero-order valence-corrected chi connectivity index (χ0v) is 6.32. The van der Waals surface area contributed by atoms with Crippen molar-refractivity contribution in [3.05, 3.63) is 0 Å². The fourth-order valence-corrected chi connectivity index (χ4v) is 0.506. The van der Waals surface area contributed by atoms with Crippen LogP contribution in [0.25, 0.3) is 0 Å². The Morgan fingerprint density at radius 1 is 1.50 bits per heavy atom. The lowest BCUT2D eigenvalue weighted by Crippen LogP contribution is -2.35. The first-order valence-corrected chi connectivity index (χ1v) is 3.01. The van der Waals surface area contributed by atoms with Crippen LogP contribution in [-0.4, -0.2) is 21.3 Å². The lowest BCUT2D eigenvalue weighted by Gasteiger charge is -2.10. The minimum atomic E-state index is -1.99. The summed E-state index contributed by atoms with van der Waals surface area (Å²) in [5, 5.41) is 8.12. The number of hydrogen-bond acceptors (Lipinski definition) is 2. The van der Waals surface area contributed by atoms with Crippen molar-refractivity contribution in [2.24, 2.45) is 5.73 Å². The fraction of sp³-hybridized carbons (Fsp3) is 0.500.